The summed E-state index contributed by atoms with van der Waals surface area (Å²) in [7, 11) is 0. The van der Waals surface area contributed by atoms with E-state index < -0.39 is 459 Å². The molecule has 60 atom stereocenters. The minimum Gasteiger partial charge on any atom is -0.394 e. The van der Waals surface area contributed by atoms with Gasteiger partial charge in [0, 0.05) is 13.8 Å². The lowest BCUT2D eigenvalue weighted by atomic mass is 9.94. The van der Waals surface area contributed by atoms with Crippen LogP contribution in [0.1, 0.15) is 13.8 Å². The molecule has 2 amide bonds. The molecule has 0 saturated carbocycles. The summed E-state index contributed by atoms with van der Waals surface area (Å²) >= 11 is 0. The van der Waals surface area contributed by atoms with Crippen LogP contribution >= 0.6 is 0 Å². The number of rotatable bonds is 36. The van der Waals surface area contributed by atoms with Crippen molar-refractivity contribution in [3.63, 3.8) is 0 Å². The molecule has 0 spiro atoms. The van der Waals surface area contributed by atoms with Gasteiger partial charge < -0.3 is 303 Å². The standard InChI is InChI=1S/C76H128N2O61/c1-15(89)77-29-41(101)56(25(11-87)119-65(29)116)131-66-30(78-16(2)90)42(102)57(26(12-88)128-66)132-71-54(114)59(39(99)27(129-71)13-118-74-62(47(107)35(95)21(7-83)125-74)139-76-64(49(109)37(97)23(9-85)127-76)138-70-53(113)58(38(98)24(10-86)123-70)133-67-50(110)43(103)31(91)17(3-79)120-67)134-72-55(115)60(135-75-63(48(108)36(96)22(8-84)126-75)137-69-52(112)45(105)33(93)19(5-81)122-69)40(100)28(130-72)14-117-73-61(46(106)34(94)20(6-82)124-73)136-68-51(111)44(104)32(92)18(4-80)121-68/h17-76,79-88,91-116H,3-14H2,1-2H3,(H,77,89)(H,78,90)/t17-,18-,19-,20-,21-,22-,23-,24-,25-,26-,27-,28-,29-,30-,31-,32-,33-,34-,35-,36-,37-,38-,39-,40-,41-,42-,43+,44+,45+,46+,47+,48+,49+,50-,51+,52+,53+,54+,55+,56-,57-,58+,59+,60+,61+,62+,63+,64+,65-,66+,67-,68-,69-,70-,71+,72-,73+,74+,75-,76-/m1/s1. The Labute approximate surface area is 784 Å². The van der Waals surface area contributed by atoms with Gasteiger partial charge >= 0.3 is 0 Å². The first kappa shape index (κ1) is 114. The second-order valence-corrected chi connectivity index (χ2v) is 35.2. The maximum absolute atomic E-state index is 13.2. The molecular weight excluding hydrogens is 1920 g/mol. The number of aliphatic hydroxyl groups is 36. The minimum absolute atomic E-state index is 0.842. The average molecular weight is 2050 g/mol. The van der Waals surface area contributed by atoms with Gasteiger partial charge in [0.05, 0.1) is 79.3 Å². The highest BCUT2D eigenvalue weighted by atomic mass is 16.8. The molecule has 0 radical (unpaired) electrons. The lowest BCUT2D eigenvalue weighted by Crippen LogP contribution is -2.70. The monoisotopic (exact) mass is 2040 g/mol. The fourth-order valence-corrected chi connectivity index (χ4v) is 17.9. The van der Waals surface area contributed by atoms with Gasteiger partial charge in [-0.05, 0) is 0 Å². The lowest BCUT2D eigenvalue weighted by molar-refractivity contribution is -0.407. The van der Waals surface area contributed by atoms with Crippen LogP contribution in [0.4, 0.5) is 0 Å². The summed E-state index contributed by atoms with van der Waals surface area (Å²) in [4.78, 5) is 25.5. The highest BCUT2D eigenvalue weighted by Gasteiger charge is 2.63. The maximum Gasteiger partial charge on any atom is 0.217 e. The van der Waals surface area contributed by atoms with E-state index in [4.69, 9.17) is 109 Å². The molecule has 38 N–H and O–H groups in total. The van der Waals surface area contributed by atoms with Crippen LogP contribution in [0.3, 0.4) is 0 Å². The van der Waals surface area contributed by atoms with Gasteiger partial charge in [-0.25, -0.2) is 0 Å². The van der Waals surface area contributed by atoms with Crippen molar-refractivity contribution in [3.05, 3.63) is 0 Å². The molecule has 0 unspecified atom stereocenters. The van der Waals surface area contributed by atoms with Crippen molar-refractivity contribution < 1.29 is 302 Å². The number of hydrogen-bond donors (Lipinski definition) is 38. The van der Waals surface area contributed by atoms with Gasteiger partial charge in [0.1, 0.15) is 293 Å². The Bertz CT molecular complexity index is 3730. The molecule has 808 valence electrons. The largest absolute Gasteiger partial charge is 0.394 e. The van der Waals surface area contributed by atoms with E-state index in [0.29, 0.717) is 0 Å². The second-order valence-electron chi connectivity index (χ2n) is 35.2. The molecule has 63 heteroatoms. The first-order chi connectivity index (χ1) is 65.9. The number of ether oxygens (including phenoxy) is 23. The first-order valence-electron chi connectivity index (χ1n) is 44.2. The number of carbonyl (C=O) groups excluding carboxylic acids is 2. The Hall–Kier alpha value is -3.42. The Morgan fingerprint density at radius 2 is 0.388 bits per heavy atom. The van der Waals surface area contributed by atoms with E-state index in [-0.39, 0.29) is 0 Å². The number of amides is 2. The number of aliphatic hydroxyl groups excluding tert-OH is 36. The molecule has 0 aromatic heterocycles. The lowest BCUT2D eigenvalue weighted by Gasteiger charge is -2.51. The van der Waals surface area contributed by atoms with E-state index in [0.717, 1.165) is 13.8 Å². The van der Waals surface area contributed by atoms with E-state index >= 15 is 0 Å². The van der Waals surface area contributed by atoms with Crippen LogP contribution in [0.5, 0.6) is 0 Å². The zero-order chi connectivity index (χ0) is 102. The van der Waals surface area contributed by atoms with Crippen molar-refractivity contribution >= 4 is 11.8 Å². The predicted octanol–water partition coefficient (Wildman–Crippen LogP) is -26.9. The van der Waals surface area contributed by atoms with E-state index in [1.54, 1.807) is 0 Å². The number of nitrogens with one attached hydrogen (secondary N) is 2. The molecule has 12 aliphatic rings. The van der Waals surface area contributed by atoms with Crippen molar-refractivity contribution in [3.8, 4) is 0 Å². The Kier molecular flexibility index (Phi) is 41.0. The second kappa shape index (κ2) is 49.8. The third-order valence-electron chi connectivity index (χ3n) is 25.9. The topological polar surface area (TPSA) is 999 Å². The van der Waals surface area contributed by atoms with Crippen molar-refractivity contribution in [2.75, 3.05) is 79.3 Å². The maximum atomic E-state index is 13.2. The molecule has 0 aromatic rings. The summed E-state index contributed by atoms with van der Waals surface area (Å²) in [5.41, 5.74) is 0. The van der Waals surface area contributed by atoms with Gasteiger partial charge in [0.2, 0.25) is 11.8 Å². The van der Waals surface area contributed by atoms with Crippen LogP contribution in [-0.2, 0) is 119 Å². The highest BCUT2D eigenvalue weighted by molar-refractivity contribution is 5.73. The molecule has 12 aliphatic heterocycles. The molecule has 12 heterocycles. The molecule has 12 fully saturated rings. The Balaban J connectivity index is 0.908. The first-order valence-corrected chi connectivity index (χ1v) is 44.2. The summed E-state index contributed by atoms with van der Waals surface area (Å²) < 4.78 is 136. The van der Waals surface area contributed by atoms with Crippen molar-refractivity contribution in [1.29, 1.82) is 0 Å². The third kappa shape index (κ3) is 24.5. The van der Waals surface area contributed by atoms with Gasteiger partial charge in [-0.15, -0.1) is 0 Å². The Morgan fingerprint density at radius 3 is 0.698 bits per heavy atom. The summed E-state index contributed by atoms with van der Waals surface area (Å²) in [5, 5.41) is 408. The van der Waals surface area contributed by atoms with E-state index in [9.17, 15) is 193 Å². The van der Waals surface area contributed by atoms with Crippen LogP contribution in [0, 0.1) is 0 Å². The highest BCUT2D eigenvalue weighted by Crippen LogP contribution is 2.43. The van der Waals surface area contributed by atoms with Gasteiger partial charge in [0.25, 0.3) is 0 Å². The molecule has 63 nitrogen and oxygen atoms in total. The summed E-state index contributed by atoms with van der Waals surface area (Å²) in [6, 6.07) is -3.78. The van der Waals surface area contributed by atoms with Crippen LogP contribution in [0.15, 0.2) is 0 Å². The summed E-state index contributed by atoms with van der Waals surface area (Å²) in [6.45, 7) is -12.4. The van der Waals surface area contributed by atoms with Crippen LogP contribution in [0.2, 0.25) is 0 Å². The van der Waals surface area contributed by atoms with Crippen LogP contribution in [0.25, 0.3) is 0 Å². The van der Waals surface area contributed by atoms with Crippen molar-refractivity contribution in [2.45, 2.75) is 382 Å². The van der Waals surface area contributed by atoms with E-state index in [1.165, 1.54) is 0 Å². The SMILES string of the molecule is CC(=O)N[C@@H]1[C@@H](O)[C@H](O[C@@H]2O[C@H](CO)[C@@H](O[C@@H]3O[C@H](CO[C@H]4O[C@H](CO)[C@@H](O)[C@H](O)[C@@H]4O[C@H]4O[C@H](CO)[C@@H](O)[C@H](O)[C@@H]4O[C@H]4O[C@H](CO)[C@@H](O)[C@H](O[C@H]5O[C@H](CO)[C@@H](O)[C@H](O)[C@H]5O)[C@@H]4O)[C@@H](O)[C@H](O[C@H]4O[C@H](CO[C@H]5O[C@H](CO)[C@@H](O)[C@H](O)[C@@H]5O[C@H]5O[C@H](CO)[C@@H](O)[C@H](O)[C@@H]5O)[C@@H](O)[C@H](O[C@H]5O[C@H](CO)[C@@H](O)[C@H](O)[C@@H]5O[C@H]5O[C@H](CO)[C@@H](O)[C@H](O)[C@@H]5O)[C@@H]4O)[C@@H]3O)[C@H](O)[C@H]2NC(C)=O)[C@@H](CO)O[C@H]1O. The minimum atomic E-state index is -2.80. The zero-order valence-electron chi connectivity index (χ0n) is 73.4. The van der Waals surface area contributed by atoms with Crippen molar-refractivity contribution in [1.82, 2.24) is 10.6 Å². The zero-order valence-corrected chi connectivity index (χ0v) is 73.4. The van der Waals surface area contributed by atoms with Gasteiger partial charge in [-0.1, -0.05) is 0 Å². The molecule has 139 heavy (non-hydrogen) atoms. The van der Waals surface area contributed by atoms with Gasteiger partial charge in [-0.3, -0.25) is 9.59 Å². The average Bonchev–Trinajstić information content (AvgIpc) is 0.765. The Morgan fingerprint density at radius 1 is 0.187 bits per heavy atom. The third-order valence-corrected chi connectivity index (χ3v) is 25.9. The van der Waals surface area contributed by atoms with Gasteiger partial charge in [-0.2, -0.15) is 0 Å². The number of carbonyl (C=O) groups is 2. The summed E-state index contributed by atoms with van der Waals surface area (Å²) in [5.74, 6) is -1.87. The van der Waals surface area contributed by atoms with Gasteiger partial charge in [0.15, 0.2) is 75.5 Å². The quantitative estimate of drug-likeness (QED) is 0.0277. The molecule has 0 aliphatic carbocycles. The van der Waals surface area contributed by atoms with E-state index in [2.05, 4.69) is 10.6 Å². The predicted molar refractivity (Wildman–Crippen MR) is 418 cm³/mol. The molecule has 0 aromatic carbocycles. The number of hydrogen-bond acceptors (Lipinski definition) is 61. The van der Waals surface area contributed by atoms with Crippen molar-refractivity contribution in [2.24, 2.45) is 0 Å². The smallest absolute Gasteiger partial charge is 0.217 e. The van der Waals surface area contributed by atoms with Crippen LogP contribution < -0.4 is 10.6 Å². The fraction of sp³-hybridized carbons (Fsp3) is 0.974. The molecule has 12 rings (SSSR count). The fourth-order valence-electron chi connectivity index (χ4n) is 17.9. The van der Waals surface area contributed by atoms with E-state index in [1.807, 2.05) is 0 Å². The van der Waals surface area contributed by atoms with Crippen LogP contribution in [-0.4, -0.2) is 643 Å². The summed E-state index contributed by atoms with van der Waals surface area (Å²) in [6.07, 6.45) is -131. The molecular formula is C76H128N2O61. The normalized spacial score (nSPS) is 51.9. The molecule has 12 saturated heterocycles. The molecule has 0 bridgehead atoms.